The molecule has 1 aromatic heterocycles. The van der Waals surface area contributed by atoms with Gasteiger partial charge < -0.3 is 4.57 Å². The van der Waals surface area contributed by atoms with Gasteiger partial charge in [-0.15, -0.1) is 0 Å². The lowest BCUT2D eigenvalue weighted by Gasteiger charge is -2.11. The van der Waals surface area contributed by atoms with Crippen molar-refractivity contribution in [1.82, 2.24) is 14.3 Å². The summed E-state index contributed by atoms with van der Waals surface area (Å²) in [5.41, 5.74) is 0. The molecule has 0 aliphatic rings. The van der Waals surface area contributed by atoms with Crippen LogP contribution in [0, 0.1) is 0 Å². The van der Waals surface area contributed by atoms with Gasteiger partial charge in [-0.25, -0.2) is 18.1 Å². The summed E-state index contributed by atoms with van der Waals surface area (Å²) >= 11 is 3.32. The van der Waals surface area contributed by atoms with Gasteiger partial charge in [0.1, 0.15) is 0 Å². The summed E-state index contributed by atoms with van der Waals surface area (Å²) < 4.78 is 28.2. The van der Waals surface area contributed by atoms with Gasteiger partial charge in [0, 0.05) is 24.1 Å². The lowest BCUT2D eigenvalue weighted by molar-refractivity contribution is 0.542. The van der Waals surface area contributed by atoms with E-state index < -0.39 is 10.0 Å². The van der Waals surface area contributed by atoms with Gasteiger partial charge in [-0.05, 0) is 26.7 Å². The molecule has 0 aliphatic carbocycles. The summed E-state index contributed by atoms with van der Waals surface area (Å²) in [4.78, 5) is 3.90. The number of nitrogens with one attached hydrogen (secondary N) is 1. The zero-order valence-electron chi connectivity index (χ0n) is 10.1. The van der Waals surface area contributed by atoms with Crippen LogP contribution < -0.4 is 4.72 Å². The average Bonchev–Trinajstić information content (AvgIpc) is 2.75. The third-order valence-corrected chi connectivity index (χ3v) is 4.41. The molecule has 0 saturated carbocycles. The molecule has 1 aromatic rings. The molecule has 0 fully saturated rings. The predicted molar refractivity (Wildman–Crippen MR) is 70.7 cm³/mol. The van der Waals surface area contributed by atoms with Crippen LogP contribution in [-0.2, 0) is 16.6 Å². The third-order valence-electron chi connectivity index (χ3n) is 2.38. The van der Waals surface area contributed by atoms with Crippen LogP contribution in [0.5, 0.6) is 0 Å². The lowest BCUT2D eigenvalue weighted by Crippen LogP contribution is -2.32. The summed E-state index contributed by atoms with van der Waals surface area (Å²) in [5, 5.41) is 0.967. The van der Waals surface area contributed by atoms with Gasteiger partial charge >= 0.3 is 0 Å². The number of rotatable bonds is 7. The molecule has 0 spiro atoms. The fraction of sp³-hybridized carbons (Fsp3) is 0.700. The zero-order chi connectivity index (χ0) is 12.9. The number of halogens is 1. The van der Waals surface area contributed by atoms with Gasteiger partial charge in [0.05, 0.1) is 6.33 Å². The van der Waals surface area contributed by atoms with Crippen molar-refractivity contribution in [2.24, 2.45) is 0 Å². The van der Waals surface area contributed by atoms with Crippen molar-refractivity contribution in [2.75, 3.05) is 5.33 Å². The summed E-state index contributed by atoms with van der Waals surface area (Å²) in [5.74, 6) is 0. The Balaban J connectivity index is 2.68. The Hall–Kier alpha value is -0.400. The number of sulfonamides is 1. The maximum absolute atomic E-state index is 11.9. The van der Waals surface area contributed by atoms with E-state index >= 15 is 0 Å². The SMILES string of the molecule is CCn1cnc(S(=O)(=O)NC(C)CCCBr)c1. The molecule has 1 heterocycles. The number of aryl methyl sites for hydroxylation is 1. The van der Waals surface area contributed by atoms with Crippen molar-refractivity contribution in [3.8, 4) is 0 Å². The molecule has 1 atom stereocenters. The summed E-state index contributed by atoms with van der Waals surface area (Å²) in [6, 6.07) is -0.0793. The van der Waals surface area contributed by atoms with E-state index in [0.717, 1.165) is 18.2 Å². The van der Waals surface area contributed by atoms with E-state index in [4.69, 9.17) is 0 Å². The maximum atomic E-state index is 11.9. The van der Waals surface area contributed by atoms with E-state index in [9.17, 15) is 8.42 Å². The molecule has 0 aromatic carbocycles. The Morgan fingerprint density at radius 1 is 1.59 bits per heavy atom. The first-order valence-electron chi connectivity index (χ1n) is 5.59. The number of aromatic nitrogens is 2. The maximum Gasteiger partial charge on any atom is 0.259 e. The highest BCUT2D eigenvalue weighted by atomic mass is 79.9. The minimum atomic E-state index is -3.48. The van der Waals surface area contributed by atoms with Crippen LogP contribution >= 0.6 is 15.9 Å². The third kappa shape index (κ3) is 4.40. The molecule has 98 valence electrons. The van der Waals surface area contributed by atoms with E-state index in [1.54, 1.807) is 10.8 Å². The number of hydrogen-bond donors (Lipinski definition) is 1. The van der Waals surface area contributed by atoms with Crippen LogP contribution in [0.3, 0.4) is 0 Å². The second kappa shape index (κ2) is 6.51. The van der Waals surface area contributed by atoms with E-state index in [0.29, 0.717) is 6.54 Å². The second-order valence-electron chi connectivity index (χ2n) is 3.90. The summed E-state index contributed by atoms with van der Waals surface area (Å²) in [6.07, 6.45) is 4.81. The Morgan fingerprint density at radius 3 is 2.82 bits per heavy atom. The van der Waals surface area contributed by atoms with Crippen molar-refractivity contribution in [3.63, 3.8) is 0 Å². The smallest absolute Gasteiger partial charge is 0.259 e. The number of imidazole rings is 1. The fourth-order valence-corrected chi connectivity index (χ4v) is 2.97. The van der Waals surface area contributed by atoms with E-state index in [-0.39, 0.29) is 11.1 Å². The monoisotopic (exact) mass is 323 g/mol. The normalized spacial score (nSPS) is 13.8. The molecular weight excluding hydrogens is 306 g/mol. The number of nitrogens with zero attached hydrogens (tertiary/aromatic N) is 2. The van der Waals surface area contributed by atoms with E-state index in [2.05, 4.69) is 25.6 Å². The highest BCUT2D eigenvalue weighted by molar-refractivity contribution is 9.09. The topological polar surface area (TPSA) is 64.0 Å². The van der Waals surface area contributed by atoms with Crippen molar-refractivity contribution < 1.29 is 8.42 Å². The molecule has 0 radical (unpaired) electrons. The Morgan fingerprint density at radius 2 is 2.29 bits per heavy atom. The largest absolute Gasteiger partial charge is 0.336 e. The van der Waals surface area contributed by atoms with Gasteiger partial charge in [0.25, 0.3) is 10.0 Å². The average molecular weight is 324 g/mol. The van der Waals surface area contributed by atoms with Gasteiger partial charge in [-0.1, -0.05) is 15.9 Å². The minimum absolute atomic E-state index is 0.0793. The Kier molecular flexibility index (Phi) is 5.61. The molecular formula is C10H18BrN3O2S. The highest BCUT2D eigenvalue weighted by Gasteiger charge is 2.19. The van der Waals surface area contributed by atoms with E-state index in [1.165, 1.54) is 6.33 Å². The van der Waals surface area contributed by atoms with Gasteiger partial charge in [-0.3, -0.25) is 0 Å². The van der Waals surface area contributed by atoms with Gasteiger partial charge in [0.15, 0.2) is 5.03 Å². The molecule has 0 saturated heterocycles. The number of alkyl halides is 1. The first-order valence-corrected chi connectivity index (χ1v) is 8.20. The first kappa shape index (κ1) is 14.7. The number of hydrogen-bond acceptors (Lipinski definition) is 3. The highest BCUT2D eigenvalue weighted by Crippen LogP contribution is 2.08. The molecule has 7 heteroatoms. The quantitative estimate of drug-likeness (QED) is 0.777. The van der Waals surface area contributed by atoms with Crippen molar-refractivity contribution in [3.05, 3.63) is 12.5 Å². The molecule has 0 aliphatic heterocycles. The van der Waals surface area contributed by atoms with E-state index in [1.807, 2.05) is 13.8 Å². The molecule has 0 amide bonds. The lowest BCUT2D eigenvalue weighted by atomic mass is 10.2. The minimum Gasteiger partial charge on any atom is -0.336 e. The van der Waals surface area contributed by atoms with Crippen LogP contribution in [0.2, 0.25) is 0 Å². The van der Waals surface area contributed by atoms with Gasteiger partial charge in [0.2, 0.25) is 0 Å². The van der Waals surface area contributed by atoms with Gasteiger partial charge in [-0.2, -0.15) is 0 Å². The van der Waals surface area contributed by atoms with Crippen molar-refractivity contribution in [2.45, 2.75) is 44.3 Å². The predicted octanol–water partition coefficient (Wildman–Crippen LogP) is 1.74. The first-order chi connectivity index (χ1) is 7.99. The van der Waals surface area contributed by atoms with Crippen molar-refractivity contribution >= 4 is 26.0 Å². The Bertz CT molecular complexity index is 444. The molecule has 1 unspecified atom stereocenters. The van der Waals surface area contributed by atoms with Crippen LogP contribution in [0.1, 0.15) is 26.7 Å². The molecule has 1 rings (SSSR count). The zero-order valence-corrected chi connectivity index (χ0v) is 12.5. The van der Waals surface area contributed by atoms with Crippen LogP contribution in [0.25, 0.3) is 0 Å². The molecule has 1 N–H and O–H groups in total. The molecule has 17 heavy (non-hydrogen) atoms. The molecule has 0 bridgehead atoms. The fourth-order valence-electron chi connectivity index (χ4n) is 1.42. The second-order valence-corrected chi connectivity index (χ2v) is 6.35. The van der Waals surface area contributed by atoms with Crippen LogP contribution in [0.4, 0.5) is 0 Å². The summed E-state index contributed by atoms with van der Waals surface area (Å²) in [6.45, 7) is 4.50. The van der Waals surface area contributed by atoms with Crippen molar-refractivity contribution in [1.29, 1.82) is 0 Å². The van der Waals surface area contributed by atoms with Crippen LogP contribution in [0.15, 0.2) is 17.6 Å². The summed E-state index contributed by atoms with van der Waals surface area (Å²) in [7, 11) is -3.48. The van der Waals surface area contributed by atoms with Crippen LogP contribution in [-0.4, -0.2) is 29.3 Å². The standard InChI is InChI=1S/C10H18BrN3O2S/c1-3-14-7-10(12-8-14)17(15,16)13-9(2)5-4-6-11/h7-9,13H,3-6H2,1-2H3. The molecule has 5 nitrogen and oxygen atoms in total. The Labute approximate surface area is 111 Å².